The highest BCUT2D eigenvalue weighted by atomic mass is 15.1. The molecule has 30 heavy (non-hydrogen) atoms. The van der Waals surface area contributed by atoms with E-state index in [-0.39, 0.29) is 6.04 Å². The molecule has 0 aromatic heterocycles. The quantitative estimate of drug-likeness (QED) is 0.396. The van der Waals surface area contributed by atoms with E-state index in [1.165, 1.54) is 33.4 Å². The third-order valence-corrected chi connectivity index (χ3v) is 5.63. The summed E-state index contributed by atoms with van der Waals surface area (Å²) >= 11 is 0. The van der Waals surface area contributed by atoms with Gasteiger partial charge in [-0.05, 0) is 77.0 Å². The average molecular weight is 399 g/mol. The fourth-order valence-electron chi connectivity index (χ4n) is 3.84. The molecular weight excluding hydrogens is 364 g/mol. The van der Waals surface area contributed by atoms with Gasteiger partial charge in [-0.1, -0.05) is 77.4 Å². The third kappa shape index (κ3) is 6.13. The molecular formula is C28H34N2. The first-order valence-corrected chi connectivity index (χ1v) is 11.1. The zero-order valence-corrected chi connectivity index (χ0v) is 18.9. The fourth-order valence-corrected chi connectivity index (χ4v) is 3.84. The minimum Gasteiger partial charge on any atom is -0.180 e. The second kappa shape index (κ2) is 10.9. The van der Waals surface area contributed by atoms with Gasteiger partial charge in [0.2, 0.25) is 0 Å². The van der Waals surface area contributed by atoms with Crippen LogP contribution in [0.1, 0.15) is 71.4 Å². The van der Waals surface area contributed by atoms with Crippen LogP contribution in [0.25, 0.3) is 11.1 Å². The van der Waals surface area contributed by atoms with Crippen molar-refractivity contribution in [3.8, 4) is 11.1 Å². The smallest absolute Gasteiger partial charge is 0.100 e. The van der Waals surface area contributed by atoms with E-state index in [4.69, 9.17) is 5.11 Å². The first kappa shape index (κ1) is 22.0. The minimum atomic E-state index is 0.0740. The highest BCUT2D eigenvalue weighted by Crippen LogP contribution is 2.41. The molecule has 1 unspecified atom stereocenters. The molecule has 2 nitrogen and oxygen atoms in total. The highest BCUT2D eigenvalue weighted by molar-refractivity contribution is 5.78. The Labute approximate surface area is 182 Å². The molecule has 1 atom stereocenters. The van der Waals surface area contributed by atoms with Gasteiger partial charge in [0.05, 0.1) is 5.69 Å². The number of fused-ring (bicyclic) bond motifs is 3. The molecule has 0 radical (unpaired) electrons. The van der Waals surface area contributed by atoms with Crippen molar-refractivity contribution in [2.45, 2.75) is 65.8 Å². The third-order valence-electron chi connectivity index (χ3n) is 5.63. The van der Waals surface area contributed by atoms with Gasteiger partial charge in [-0.2, -0.15) is 10.2 Å². The topological polar surface area (TPSA) is 24.7 Å². The van der Waals surface area contributed by atoms with Gasteiger partial charge in [0, 0.05) is 5.56 Å². The SMILES string of the molecule is CC(C)=CCCC(C)=CCCC(C)=CCC1N=Nc2ccccc2-c2ccccc21. The summed E-state index contributed by atoms with van der Waals surface area (Å²) in [7, 11) is 0. The van der Waals surface area contributed by atoms with E-state index < -0.39 is 0 Å². The van der Waals surface area contributed by atoms with Crippen molar-refractivity contribution in [2.75, 3.05) is 0 Å². The van der Waals surface area contributed by atoms with E-state index in [0.29, 0.717) is 0 Å². The summed E-state index contributed by atoms with van der Waals surface area (Å²) in [5, 5.41) is 9.27. The van der Waals surface area contributed by atoms with Crippen LogP contribution in [0.5, 0.6) is 0 Å². The largest absolute Gasteiger partial charge is 0.180 e. The molecule has 0 amide bonds. The number of hydrogen-bond donors (Lipinski definition) is 0. The molecule has 0 aliphatic carbocycles. The monoisotopic (exact) mass is 398 g/mol. The van der Waals surface area contributed by atoms with E-state index in [1.807, 2.05) is 12.1 Å². The van der Waals surface area contributed by atoms with Crippen LogP contribution in [-0.2, 0) is 0 Å². The van der Waals surface area contributed by atoms with E-state index in [9.17, 15) is 0 Å². The van der Waals surface area contributed by atoms with Crippen molar-refractivity contribution >= 4 is 5.69 Å². The number of hydrogen-bond acceptors (Lipinski definition) is 2. The number of nitrogens with zero attached hydrogens (tertiary/aromatic N) is 2. The molecule has 2 aromatic rings. The van der Waals surface area contributed by atoms with Gasteiger partial charge in [-0.15, -0.1) is 0 Å². The Morgan fingerprint density at radius 3 is 2.17 bits per heavy atom. The molecule has 1 heterocycles. The summed E-state index contributed by atoms with van der Waals surface area (Å²) in [6.45, 7) is 8.81. The Morgan fingerprint density at radius 1 is 0.767 bits per heavy atom. The van der Waals surface area contributed by atoms with Crippen LogP contribution in [0.4, 0.5) is 5.69 Å². The standard InChI is InChI=1S/C28H34N2/c1-21(2)11-9-12-22(3)13-10-14-23(4)19-20-28-26-16-6-5-15-24(26)25-17-7-8-18-27(25)29-30-28/h5-8,11,13,15-19,28H,9-10,12,14,20H2,1-4H3. The summed E-state index contributed by atoms with van der Waals surface area (Å²) in [6.07, 6.45) is 12.5. The summed E-state index contributed by atoms with van der Waals surface area (Å²) in [5.41, 5.74) is 8.98. The van der Waals surface area contributed by atoms with Crippen molar-refractivity contribution < 1.29 is 0 Å². The van der Waals surface area contributed by atoms with Crippen LogP contribution >= 0.6 is 0 Å². The maximum absolute atomic E-state index is 4.70. The van der Waals surface area contributed by atoms with E-state index in [0.717, 1.165) is 37.8 Å². The predicted molar refractivity (Wildman–Crippen MR) is 129 cm³/mol. The van der Waals surface area contributed by atoms with Crippen LogP contribution in [0.15, 0.2) is 93.7 Å². The van der Waals surface area contributed by atoms with Crippen molar-refractivity contribution in [3.05, 3.63) is 89.0 Å². The first-order valence-electron chi connectivity index (χ1n) is 11.1. The number of benzene rings is 2. The lowest BCUT2D eigenvalue weighted by atomic mass is 9.93. The molecule has 156 valence electrons. The summed E-state index contributed by atoms with van der Waals surface area (Å²) < 4.78 is 0. The van der Waals surface area contributed by atoms with Crippen molar-refractivity contribution in [2.24, 2.45) is 10.2 Å². The van der Waals surface area contributed by atoms with Crippen LogP contribution in [0.3, 0.4) is 0 Å². The second-order valence-corrected chi connectivity index (χ2v) is 8.53. The molecule has 3 rings (SSSR count). The van der Waals surface area contributed by atoms with Crippen LogP contribution in [-0.4, -0.2) is 0 Å². The summed E-state index contributed by atoms with van der Waals surface area (Å²) in [4.78, 5) is 0. The van der Waals surface area contributed by atoms with Gasteiger partial charge in [0.15, 0.2) is 0 Å². The van der Waals surface area contributed by atoms with E-state index in [2.05, 4.69) is 87.4 Å². The molecule has 2 aromatic carbocycles. The molecule has 0 saturated carbocycles. The van der Waals surface area contributed by atoms with Gasteiger partial charge < -0.3 is 0 Å². The van der Waals surface area contributed by atoms with Gasteiger partial charge in [0.25, 0.3) is 0 Å². The average Bonchev–Trinajstić information content (AvgIpc) is 2.89. The van der Waals surface area contributed by atoms with Gasteiger partial charge in [-0.3, -0.25) is 0 Å². The molecule has 0 spiro atoms. The summed E-state index contributed by atoms with van der Waals surface area (Å²) in [6, 6.07) is 17.0. The zero-order valence-electron chi connectivity index (χ0n) is 18.9. The number of azo groups is 1. The normalized spacial score (nSPS) is 15.9. The van der Waals surface area contributed by atoms with Crippen molar-refractivity contribution in [1.82, 2.24) is 0 Å². The minimum absolute atomic E-state index is 0.0740. The number of rotatable bonds is 8. The molecule has 1 aliphatic heterocycles. The molecule has 0 N–H and O–H groups in total. The predicted octanol–water partition coefficient (Wildman–Crippen LogP) is 9.30. The second-order valence-electron chi connectivity index (χ2n) is 8.53. The van der Waals surface area contributed by atoms with Crippen molar-refractivity contribution in [3.63, 3.8) is 0 Å². The van der Waals surface area contributed by atoms with Gasteiger partial charge in [0.1, 0.15) is 6.04 Å². The van der Waals surface area contributed by atoms with E-state index in [1.54, 1.807) is 0 Å². The van der Waals surface area contributed by atoms with Crippen LogP contribution in [0.2, 0.25) is 0 Å². The van der Waals surface area contributed by atoms with Gasteiger partial charge in [-0.25, -0.2) is 0 Å². The van der Waals surface area contributed by atoms with E-state index >= 15 is 0 Å². The maximum Gasteiger partial charge on any atom is 0.100 e. The Balaban J connectivity index is 1.62. The first-order chi connectivity index (χ1) is 14.5. The Morgan fingerprint density at radius 2 is 1.40 bits per heavy atom. The van der Waals surface area contributed by atoms with Crippen molar-refractivity contribution in [1.29, 1.82) is 0 Å². The Kier molecular flexibility index (Phi) is 7.96. The van der Waals surface area contributed by atoms with Crippen LogP contribution in [0, 0.1) is 0 Å². The van der Waals surface area contributed by atoms with Crippen LogP contribution < -0.4 is 0 Å². The molecule has 0 fully saturated rings. The van der Waals surface area contributed by atoms with Gasteiger partial charge >= 0.3 is 0 Å². The Bertz CT molecular complexity index is 972. The lowest BCUT2D eigenvalue weighted by Crippen LogP contribution is -1.96. The molecule has 0 saturated heterocycles. The lowest BCUT2D eigenvalue weighted by molar-refractivity contribution is 0.701. The molecule has 0 bridgehead atoms. The number of allylic oxidation sites excluding steroid dienone is 5. The molecule has 2 heteroatoms. The fraction of sp³-hybridized carbons (Fsp3) is 0.357. The highest BCUT2D eigenvalue weighted by Gasteiger charge is 2.19. The molecule has 1 aliphatic rings. The summed E-state index contributed by atoms with van der Waals surface area (Å²) in [5.74, 6) is 0. The maximum atomic E-state index is 4.70. The lowest BCUT2D eigenvalue weighted by Gasteiger charge is -2.13. The zero-order chi connectivity index (χ0) is 21.3. The Hall–Kier alpha value is -2.74.